The van der Waals surface area contributed by atoms with Crippen LogP contribution in [0.1, 0.15) is 90.2 Å². The van der Waals surface area contributed by atoms with Crippen LogP contribution < -0.4 is 15.4 Å². The van der Waals surface area contributed by atoms with E-state index < -0.39 is 74.6 Å². The summed E-state index contributed by atoms with van der Waals surface area (Å²) in [6.07, 6.45) is 5.79. The molecule has 4 fully saturated rings. The number of carbonyl (C=O) groups is 4. The molecule has 4 bridgehead atoms. The number of aliphatic hydroxyl groups is 1. The number of sulfonamides is 1. The quantitative estimate of drug-likeness (QED) is 0.311. The summed E-state index contributed by atoms with van der Waals surface area (Å²) in [7, 11) is -3.87. The first kappa shape index (κ1) is 39.1. The summed E-state index contributed by atoms with van der Waals surface area (Å²) in [4.78, 5) is 59.9. The summed E-state index contributed by atoms with van der Waals surface area (Å²) in [6.45, 7) is 8.34. The van der Waals surface area contributed by atoms with Gasteiger partial charge in [-0.2, -0.15) is 0 Å². The molecular formula is C38H53N5O9S2. The van der Waals surface area contributed by atoms with Crippen LogP contribution in [0.5, 0.6) is 0 Å². The molecule has 54 heavy (non-hydrogen) atoms. The largest absolute Gasteiger partial charge is 0.449 e. The van der Waals surface area contributed by atoms with Gasteiger partial charge in [0, 0.05) is 42.1 Å². The number of fused-ring (bicyclic) bond motifs is 3. The van der Waals surface area contributed by atoms with E-state index in [0.29, 0.717) is 32.4 Å². The number of amides is 4. The van der Waals surface area contributed by atoms with Crippen molar-refractivity contribution in [1.82, 2.24) is 25.2 Å². The van der Waals surface area contributed by atoms with Crippen molar-refractivity contribution in [2.75, 3.05) is 18.9 Å². The topological polar surface area (TPSA) is 184 Å². The minimum Gasteiger partial charge on any atom is -0.449 e. The smallest absolute Gasteiger partial charge is 0.407 e. The molecule has 16 heteroatoms. The van der Waals surface area contributed by atoms with E-state index >= 15 is 0 Å². The third kappa shape index (κ3) is 8.18. The van der Waals surface area contributed by atoms with Crippen LogP contribution in [-0.4, -0.2) is 101 Å². The third-order valence-corrected chi connectivity index (χ3v) is 14.8. The Morgan fingerprint density at radius 1 is 1.13 bits per heavy atom. The van der Waals surface area contributed by atoms with E-state index in [4.69, 9.17) is 9.47 Å². The second-order valence-electron chi connectivity index (χ2n) is 17.1. The van der Waals surface area contributed by atoms with E-state index in [1.54, 1.807) is 37.4 Å². The van der Waals surface area contributed by atoms with Gasteiger partial charge in [0.2, 0.25) is 28.3 Å². The Bertz CT molecular complexity index is 1810. The Hall–Kier alpha value is -3.18. The van der Waals surface area contributed by atoms with E-state index in [0.717, 1.165) is 41.0 Å². The molecule has 296 valence electrons. The molecular weight excluding hydrogens is 735 g/mol. The van der Waals surface area contributed by atoms with Crippen LogP contribution in [0.25, 0.3) is 0 Å². The highest BCUT2D eigenvalue weighted by Gasteiger charge is 2.62. The van der Waals surface area contributed by atoms with Crippen LogP contribution in [0, 0.1) is 16.7 Å². The Kier molecular flexibility index (Phi) is 10.6. The minimum atomic E-state index is -3.87. The molecule has 1 saturated heterocycles. The molecule has 0 radical (unpaired) electrons. The lowest BCUT2D eigenvalue weighted by atomic mass is 9.85. The number of benzene rings is 1. The number of alkyl carbamates (subject to hydrolysis) is 1. The zero-order chi connectivity index (χ0) is 38.6. The fourth-order valence-electron chi connectivity index (χ4n) is 7.97. The Morgan fingerprint density at radius 3 is 2.56 bits per heavy atom. The third-order valence-electron chi connectivity index (χ3n) is 11.9. The summed E-state index contributed by atoms with van der Waals surface area (Å²) in [5.41, 5.74) is -0.166. The van der Waals surface area contributed by atoms with Crippen LogP contribution in [0.4, 0.5) is 4.79 Å². The standard InChI is InChI=1S/C38H53N5O9S2/c1-5-24-18-38(24,33(46)41-54(49,50)26-11-12-26)40-31(44)28-17-25-20-43(28)32(45)30(36(2,3)4)39-34(47)51-22-37(14-15-37)13-6-7-16-53-29-10-8-9-23-19-42(21-27(23)29)35(48)52-25/h6-10,24-26,28,30,35,48H,5,11-22H2,1-4H3,(H,39,47)(H,40,44)(H,41,46)/b7-6+/t24-,25+,28?,30+,35?,38-/m0/s1. The molecule has 4 amide bonds. The molecule has 7 rings (SSSR count). The molecule has 4 N–H and O–H groups in total. The molecule has 1 aromatic rings. The number of aliphatic hydroxyl groups excluding tert-OH is 1. The number of nitrogens with zero attached hydrogens (tertiary/aromatic N) is 2. The summed E-state index contributed by atoms with van der Waals surface area (Å²) in [6, 6.07) is 3.89. The number of rotatable bonds is 6. The molecule has 1 spiro atoms. The zero-order valence-corrected chi connectivity index (χ0v) is 33.1. The molecule has 3 aliphatic heterocycles. The maximum Gasteiger partial charge on any atom is 0.407 e. The first-order chi connectivity index (χ1) is 25.5. The van der Waals surface area contributed by atoms with Gasteiger partial charge in [0.25, 0.3) is 5.91 Å². The van der Waals surface area contributed by atoms with Crippen LogP contribution >= 0.6 is 11.8 Å². The average molecular weight is 788 g/mol. The van der Waals surface area contributed by atoms with Crippen molar-refractivity contribution >= 4 is 45.6 Å². The molecule has 7 atom stereocenters. The van der Waals surface area contributed by atoms with Gasteiger partial charge in [-0.1, -0.05) is 58.4 Å². The van der Waals surface area contributed by atoms with Gasteiger partial charge in [-0.25, -0.2) is 18.1 Å². The van der Waals surface area contributed by atoms with Crippen LogP contribution in [0.2, 0.25) is 0 Å². The molecule has 0 aromatic heterocycles. The highest BCUT2D eigenvalue weighted by molar-refractivity contribution is 7.99. The van der Waals surface area contributed by atoms with Gasteiger partial charge < -0.3 is 30.1 Å². The van der Waals surface area contributed by atoms with Crippen molar-refractivity contribution in [1.29, 1.82) is 0 Å². The van der Waals surface area contributed by atoms with E-state index in [9.17, 15) is 32.7 Å². The van der Waals surface area contributed by atoms with Crippen LogP contribution in [0.3, 0.4) is 0 Å². The van der Waals surface area contributed by atoms with Crippen molar-refractivity contribution in [2.24, 2.45) is 16.7 Å². The van der Waals surface area contributed by atoms with E-state index in [2.05, 4.69) is 33.6 Å². The highest BCUT2D eigenvalue weighted by Crippen LogP contribution is 2.50. The minimum absolute atomic E-state index is 0.00154. The number of carbonyl (C=O) groups excluding carboxylic acids is 4. The van der Waals surface area contributed by atoms with Crippen molar-refractivity contribution in [3.05, 3.63) is 41.5 Å². The van der Waals surface area contributed by atoms with Gasteiger partial charge in [-0.3, -0.25) is 19.1 Å². The van der Waals surface area contributed by atoms with Crippen LogP contribution in [0.15, 0.2) is 35.2 Å². The second-order valence-corrected chi connectivity index (χ2v) is 20.1. The van der Waals surface area contributed by atoms with Gasteiger partial charge in [0.15, 0.2) is 0 Å². The van der Waals surface area contributed by atoms with E-state index in [-0.39, 0.29) is 37.3 Å². The fraction of sp³-hybridized carbons (Fsp3) is 0.684. The highest BCUT2D eigenvalue weighted by atomic mass is 32.2. The molecule has 3 heterocycles. The van der Waals surface area contributed by atoms with Gasteiger partial charge in [-0.15, -0.1) is 11.8 Å². The number of ether oxygens (including phenoxy) is 2. The lowest BCUT2D eigenvalue weighted by Gasteiger charge is -2.35. The monoisotopic (exact) mass is 787 g/mol. The second kappa shape index (κ2) is 14.7. The van der Waals surface area contributed by atoms with Gasteiger partial charge in [0.05, 0.1) is 18.0 Å². The summed E-state index contributed by atoms with van der Waals surface area (Å²) in [5.74, 6) is -1.48. The fourth-order valence-corrected chi connectivity index (χ4v) is 10.3. The Labute approximate surface area is 321 Å². The molecule has 3 aliphatic carbocycles. The number of thioether (sulfide) groups is 1. The van der Waals surface area contributed by atoms with Crippen LogP contribution in [-0.2, 0) is 47.0 Å². The van der Waals surface area contributed by atoms with Gasteiger partial charge in [-0.05, 0) is 67.1 Å². The van der Waals surface area contributed by atoms with Crippen molar-refractivity contribution in [3.8, 4) is 0 Å². The summed E-state index contributed by atoms with van der Waals surface area (Å²) >= 11 is 1.72. The lowest BCUT2D eigenvalue weighted by molar-refractivity contribution is -0.218. The van der Waals surface area contributed by atoms with E-state index in [1.165, 1.54) is 4.90 Å². The van der Waals surface area contributed by atoms with Crippen molar-refractivity contribution < 1.29 is 42.2 Å². The van der Waals surface area contributed by atoms with Gasteiger partial charge >= 0.3 is 6.09 Å². The first-order valence-electron chi connectivity index (χ1n) is 19.1. The van der Waals surface area contributed by atoms with Crippen molar-refractivity contribution in [3.63, 3.8) is 0 Å². The maximum atomic E-state index is 14.6. The normalized spacial score (nSPS) is 33.2. The SMILES string of the molecule is CC[C@H]1C[C@@]1(NC(=O)C1C[C@@H]2CN1C(=O)[C@H](C(C)(C)C)NC(=O)OCC1(C/C=C/CSc3cccc4c3CN(C4)C(O)O2)CC1)C(=O)NS(=O)(=O)C1CC1. The number of hydrogen-bond donors (Lipinski definition) is 4. The van der Waals surface area contributed by atoms with Crippen molar-refractivity contribution in [2.45, 2.75) is 132 Å². The zero-order valence-electron chi connectivity index (χ0n) is 31.5. The summed E-state index contributed by atoms with van der Waals surface area (Å²) < 4.78 is 39.6. The number of nitrogens with one attached hydrogen (secondary N) is 3. The molecule has 6 aliphatic rings. The van der Waals surface area contributed by atoms with Gasteiger partial charge in [0.1, 0.15) is 17.6 Å². The molecule has 14 nitrogen and oxygen atoms in total. The predicted octanol–water partition coefficient (Wildman–Crippen LogP) is 3.13. The first-order valence-corrected chi connectivity index (χ1v) is 21.7. The number of hydrogen-bond acceptors (Lipinski definition) is 11. The summed E-state index contributed by atoms with van der Waals surface area (Å²) in [5, 5.41) is 16.4. The molecule has 3 saturated carbocycles. The Balaban J connectivity index is 1.15. The Morgan fingerprint density at radius 2 is 1.89 bits per heavy atom. The molecule has 3 unspecified atom stereocenters. The molecule has 1 aromatic carbocycles. The maximum absolute atomic E-state index is 14.6. The number of cyclic esters (lactones) is 1. The number of allylic oxidation sites excluding steroid dienone is 1. The average Bonchev–Trinajstić information content (AvgIpc) is 4.07. The van der Waals surface area contributed by atoms with E-state index in [1.807, 2.05) is 19.1 Å². The predicted molar refractivity (Wildman–Crippen MR) is 200 cm³/mol. The lowest BCUT2D eigenvalue weighted by Crippen LogP contribution is -2.60.